The Morgan fingerprint density at radius 1 is 1.30 bits per heavy atom. The third kappa shape index (κ3) is 3.88. The Kier molecular flexibility index (Phi) is 4.20. The van der Waals surface area contributed by atoms with Crippen molar-refractivity contribution in [2.24, 2.45) is 0 Å². The average Bonchev–Trinajstić information content (AvgIpc) is 3.20. The van der Waals surface area contributed by atoms with E-state index in [1.807, 2.05) is 6.92 Å². The fraction of sp³-hybridized carbons (Fsp3) is 0.500. The lowest BCUT2D eigenvalue weighted by molar-refractivity contribution is -0.141. The maximum atomic E-state index is 12.5. The van der Waals surface area contributed by atoms with Crippen LogP contribution in [0.3, 0.4) is 0 Å². The molecule has 1 N–H and O–H groups in total. The smallest absolute Gasteiger partial charge is 0.385 e. The number of carbonyl (C=O) groups excluding carboxylic acids is 1. The second-order valence-corrected chi connectivity index (χ2v) is 4.89. The van der Waals surface area contributed by atoms with E-state index in [-0.39, 0.29) is 6.04 Å². The Balaban J connectivity index is 2.10. The van der Waals surface area contributed by atoms with Crippen molar-refractivity contribution in [2.45, 2.75) is 32.0 Å². The number of halogens is 3. The zero-order chi connectivity index (χ0) is 14.8. The number of hydrogen-bond acceptors (Lipinski definition) is 2. The summed E-state index contributed by atoms with van der Waals surface area (Å²) in [6.45, 7) is 1.51. The lowest BCUT2D eigenvalue weighted by Gasteiger charge is -2.23. The van der Waals surface area contributed by atoms with E-state index < -0.39 is 18.6 Å². The summed E-state index contributed by atoms with van der Waals surface area (Å²) in [7, 11) is 0. The van der Waals surface area contributed by atoms with Crippen LogP contribution in [0.15, 0.2) is 24.3 Å². The van der Waals surface area contributed by atoms with Crippen molar-refractivity contribution in [3.05, 3.63) is 29.8 Å². The Hall–Kier alpha value is -1.72. The first-order valence-electron chi connectivity index (χ1n) is 6.62. The Labute approximate surface area is 115 Å². The van der Waals surface area contributed by atoms with Gasteiger partial charge in [0.15, 0.2) is 0 Å². The lowest BCUT2D eigenvalue weighted by atomic mass is 10.1. The first-order chi connectivity index (χ1) is 9.40. The van der Waals surface area contributed by atoms with Crippen LogP contribution in [0.25, 0.3) is 0 Å². The summed E-state index contributed by atoms with van der Waals surface area (Å²) in [5, 5.41) is 3.07. The van der Waals surface area contributed by atoms with Crippen LogP contribution < -0.4 is 5.32 Å². The molecular formula is C14H17F3N2O. The number of anilines is 1. The van der Waals surface area contributed by atoms with Gasteiger partial charge >= 0.3 is 6.18 Å². The van der Waals surface area contributed by atoms with Crippen molar-refractivity contribution in [1.29, 1.82) is 0 Å². The summed E-state index contributed by atoms with van der Waals surface area (Å²) in [6, 6.07) is 6.26. The molecule has 0 bridgehead atoms. The number of rotatable bonds is 5. The van der Waals surface area contributed by atoms with Crippen molar-refractivity contribution in [3.63, 3.8) is 0 Å². The summed E-state index contributed by atoms with van der Waals surface area (Å²) < 4.78 is 37.6. The maximum absolute atomic E-state index is 12.5. The third-order valence-electron chi connectivity index (χ3n) is 3.11. The second-order valence-electron chi connectivity index (χ2n) is 4.89. The normalized spacial score (nSPS) is 15.0. The van der Waals surface area contributed by atoms with Crippen LogP contribution in [-0.2, 0) is 0 Å². The Bertz CT molecular complexity index is 466. The van der Waals surface area contributed by atoms with Crippen molar-refractivity contribution >= 4 is 11.6 Å². The first-order valence-corrected chi connectivity index (χ1v) is 6.62. The molecule has 0 aliphatic heterocycles. The van der Waals surface area contributed by atoms with Crippen molar-refractivity contribution in [1.82, 2.24) is 4.90 Å². The number of nitrogens with one attached hydrogen (secondary N) is 1. The molecule has 2 rings (SSSR count). The van der Waals surface area contributed by atoms with E-state index in [0.717, 1.165) is 17.1 Å². The van der Waals surface area contributed by atoms with Gasteiger partial charge in [0, 0.05) is 23.8 Å². The molecule has 1 aromatic rings. The van der Waals surface area contributed by atoms with Crippen LogP contribution in [0.1, 0.15) is 30.1 Å². The van der Waals surface area contributed by atoms with Crippen LogP contribution in [0.4, 0.5) is 18.9 Å². The second kappa shape index (κ2) is 5.73. The molecule has 1 amide bonds. The topological polar surface area (TPSA) is 32.3 Å². The molecule has 6 heteroatoms. The molecular weight excluding hydrogens is 269 g/mol. The molecule has 20 heavy (non-hydrogen) atoms. The van der Waals surface area contributed by atoms with Crippen molar-refractivity contribution < 1.29 is 18.0 Å². The fourth-order valence-electron chi connectivity index (χ4n) is 2.05. The molecule has 0 spiro atoms. The van der Waals surface area contributed by atoms with Gasteiger partial charge in [0.1, 0.15) is 6.54 Å². The highest BCUT2D eigenvalue weighted by molar-refractivity contribution is 5.95. The zero-order valence-corrected chi connectivity index (χ0v) is 11.2. The lowest BCUT2D eigenvalue weighted by Crippen LogP contribution is -2.40. The van der Waals surface area contributed by atoms with Gasteiger partial charge in [-0.05, 0) is 44.0 Å². The van der Waals surface area contributed by atoms with E-state index in [0.29, 0.717) is 18.4 Å². The standard InChI is InChI=1S/C14H17F3N2O/c1-2-18-11-5-3-10(4-6-11)13(20)19(12-7-8-12)9-14(15,16)17/h3-6,12,18H,2,7-9H2,1H3. The monoisotopic (exact) mass is 286 g/mol. The van der Waals surface area contributed by atoms with Gasteiger partial charge in [0.2, 0.25) is 0 Å². The van der Waals surface area contributed by atoms with E-state index in [4.69, 9.17) is 0 Å². The van der Waals surface area contributed by atoms with Gasteiger partial charge in [0.05, 0.1) is 0 Å². The number of hydrogen-bond donors (Lipinski definition) is 1. The molecule has 1 aliphatic carbocycles. The van der Waals surface area contributed by atoms with Gasteiger partial charge in [-0.2, -0.15) is 13.2 Å². The molecule has 0 heterocycles. The SMILES string of the molecule is CCNc1ccc(C(=O)N(CC(F)(F)F)C2CC2)cc1. The molecule has 1 aromatic carbocycles. The van der Waals surface area contributed by atoms with Crippen LogP contribution in [0.5, 0.6) is 0 Å². The van der Waals surface area contributed by atoms with E-state index in [2.05, 4.69) is 5.32 Å². The molecule has 1 fully saturated rings. The largest absolute Gasteiger partial charge is 0.406 e. The zero-order valence-electron chi connectivity index (χ0n) is 11.2. The molecule has 0 unspecified atom stereocenters. The minimum absolute atomic E-state index is 0.266. The molecule has 3 nitrogen and oxygen atoms in total. The third-order valence-corrected chi connectivity index (χ3v) is 3.11. The van der Waals surface area contributed by atoms with Gasteiger partial charge in [-0.3, -0.25) is 4.79 Å². The average molecular weight is 286 g/mol. The van der Waals surface area contributed by atoms with Gasteiger partial charge in [0.25, 0.3) is 5.91 Å². The summed E-state index contributed by atoms with van der Waals surface area (Å²) in [4.78, 5) is 13.1. The summed E-state index contributed by atoms with van der Waals surface area (Å²) in [5.41, 5.74) is 1.14. The van der Waals surface area contributed by atoms with E-state index in [1.165, 1.54) is 0 Å². The number of amides is 1. The van der Waals surface area contributed by atoms with Crippen LogP contribution in [0, 0.1) is 0 Å². The van der Waals surface area contributed by atoms with Crippen LogP contribution in [-0.4, -0.2) is 36.1 Å². The minimum atomic E-state index is -4.36. The molecule has 1 aliphatic rings. The minimum Gasteiger partial charge on any atom is -0.385 e. The van der Waals surface area contributed by atoms with E-state index in [9.17, 15) is 18.0 Å². The van der Waals surface area contributed by atoms with E-state index >= 15 is 0 Å². The maximum Gasteiger partial charge on any atom is 0.406 e. The first kappa shape index (κ1) is 14.7. The highest BCUT2D eigenvalue weighted by Gasteiger charge is 2.40. The van der Waals surface area contributed by atoms with Gasteiger partial charge in [-0.1, -0.05) is 0 Å². The molecule has 0 saturated heterocycles. The molecule has 110 valence electrons. The number of nitrogens with zero attached hydrogens (tertiary/aromatic N) is 1. The Morgan fingerprint density at radius 2 is 1.90 bits per heavy atom. The number of alkyl halides is 3. The predicted molar refractivity (Wildman–Crippen MR) is 70.7 cm³/mol. The highest BCUT2D eigenvalue weighted by Crippen LogP contribution is 2.31. The van der Waals surface area contributed by atoms with Gasteiger partial charge in [-0.25, -0.2) is 0 Å². The molecule has 0 aromatic heterocycles. The number of carbonyl (C=O) groups is 1. The summed E-state index contributed by atoms with van der Waals surface area (Å²) >= 11 is 0. The molecule has 0 atom stereocenters. The van der Waals surface area contributed by atoms with Crippen LogP contribution in [0.2, 0.25) is 0 Å². The summed E-state index contributed by atoms with van der Waals surface area (Å²) in [6.07, 6.45) is -3.06. The Morgan fingerprint density at radius 3 is 2.35 bits per heavy atom. The van der Waals surface area contributed by atoms with Crippen LogP contribution >= 0.6 is 0 Å². The summed E-state index contributed by atoms with van der Waals surface area (Å²) in [5.74, 6) is -0.548. The van der Waals surface area contributed by atoms with E-state index in [1.54, 1.807) is 24.3 Å². The molecule has 1 saturated carbocycles. The van der Waals surface area contributed by atoms with Gasteiger partial charge < -0.3 is 10.2 Å². The quantitative estimate of drug-likeness (QED) is 0.901. The van der Waals surface area contributed by atoms with Gasteiger partial charge in [-0.15, -0.1) is 0 Å². The number of benzene rings is 1. The fourth-order valence-corrected chi connectivity index (χ4v) is 2.05. The van der Waals surface area contributed by atoms with Crippen molar-refractivity contribution in [2.75, 3.05) is 18.4 Å². The van der Waals surface area contributed by atoms with Crippen molar-refractivity contribution in [3.8, 4) is 0 Å². The predicted octanol–water partition coefficient (Wildman–Crippen LogP) is 3.29. The highest BCUT2D eigenvalue weighted by atomic mass is 19.4. The molecule has 0 radical (unpaired) electrons.